The van der Waals surface area contributed by atoms with Gasteiger partial charge in [0, 0.05) is 5.56 Å². The minimum atomic E-state index is -1.76. The molecule has 0 aliphatic carbocycles. The Hall–Kier alpha value is -2.91. The van der Waals surface area contributed by atoms with E-state index in [4.69, 9.17) is 23.4 Å². The van der Waals surface area contributed by atoms with E-state index in [2.05, 4.69) is 0 Å². The third-order valence-electron chi connectivity index (χ3n) is 6.57. The van der Waals surface area contributed by atoms with E-state index in [-0.39, 0.29) is 23.5 Å². The predicted octanol–water partition coefficient (Wildman–Crippen LogP) is -0.898. The highest BCUT2D eigenvalue weighted by atomic mass is 16.7. The molecule has 0 amide bonds. The molecule has 2 aromatic carbocycles. The summed E-state index contributed by atoms with van der Waals surface area (Å²) >= 11 is 0. The van der Waals surface area contributed by atoms with Crippen LogP contribution >= 0.6 is 0 Å². The fourth-order valence-corrected chi connectivity index (χ4v) is 4.39. The largest absolute Gasteiger partial charge is 0.454 e. The van der Waals surface area contributed by atoms with Crippen molar-refractivity contribution in [2.75, 3.05) is 13.2 Å². The second kappa shape index (κ2) is 11.1. The van der Waals surface area contributed by atoms with Gasteiger partial charge in [-0.3, -0.25) is 4.79 Å². The molecule has 5 rings (SSSR count). The predicted molar refractivity (Wildman–Crippen MR) is 129 cm³/mol. The quantitative estimate of drug-likeness (QED) is 0.230. The fourth-order valence-electron chi connectivity index (χ4n) is 4.39. The Kier molecular flexibility index (Phi) is 7.77. The molecular weight excluding hydrogens is 504 g/mol. The first-order valence-corrected chi connectivity index (χ1v) is 12.0. The van der Waals surface area contributed by atoms with Gasteiger partial charge in [0.2, 0.25) is 17.5 Å². The van der Waals surface area contributed by atoms with E-state index in [1.54, 1.807) is 54.6 Å². The number of benzene rings is 2. The van der Waals surface area contributed by atoms with Crippen LogP contribution in [0, 0.1) is 0 Å². The number of rotatable bonds is 6. The summed E-state index contributed by atoms with van der Waals surface area (Å²) in [4.78, 5) is 13.4. The van der Waals surface area contributed by atoms with Crippen molar-refractivity contribution in [2.24, 2.45) is 0 Å². The lowest BCUT2D eigenvalue weighted by atomic mass is 9.99. The summed E-state index contributed by atoms with van der Waals surface area (Å²) < 4.78 is 28.1. The maximum Gasteiger partial charge on any atom is 0.235 e. The minimum Gasteiger partial charge on any atom is -0.454 e. The van der Waals surface area contributed by atoms with Crippen molar-refractivity contribution in [1.29, 1.82) is 0 Å². The number of aliphatic hydroxyl groups excluding tert-OH is 6. The van der Waals surface area contributed by atoms with Gasteiger partial charge in [0.1, 0.15) is 48.3 Å². The van der Waals surface area contributed by atoms with Crippen LogP contribution in [0.1, 0.15) is 0 Å². The van der Waals surface area contributed by atoms with Crippen LogP contribution in [0.15, 0.2) is 63.8 Å². The van der Waals surface area contributed by atoms with Crippen LogP contribution in [0.3, 0.4) is 0 Å². The van der Waals surface area contributed by atoms with Crippen LogP contribution in [0.5, 0.6) is 5.75 Å². The first kappa shape index (κ1) is 26.7. The maximum absolute atomic E-state index is 13.4. The van der Waals surface area contributed by atoms with Crippen molar-refractivity contribution >= 4 is 11.0 Å². The van der Waals surface area contributed by atoms with E-state index >= 15 is 0 Å². The summed E-state index contributed by atoms with van der Waals surface area (Å²) in [6.45, 7) is -0.767. The van der Waals surface area contributed by atoms with E-state index in [0.717, 1.165) is 0 Å². The molecule has 0 radical (unpaired) electrons. The van der Waals surface area contributed by atoms with Crippen molar-refractivity contribution < 1.29 is 54.0 Å². The summed E-state index contributed by atoms with van der Waals surface area (Å²) in [6, 6.07) is 15.2. The van der Waals surface area contributed by atoms with Crippen molar-refractivity contribution in [3.05, 3.63) is 64.8 Å². The van der Waals surface area contributed by atoms with Gasteiger partial charge in [-0.2, -0.15) is 0 Å². The molecule has 12 nitrogen and oxygen atoms in total. The normalized spacial score (nSPS) is 33.8. The van der Waals surface area contributed by atoms with Crippen LogP contribution in [0.2, 0.25) is 0 Å². The third-order valence-corrected chi connectivity index (χ3v) is 6.57. The van der Waals surface area contributed by atoms with E-state index in [9.17, 15) is 35.4 Å². The zero-order chi connectivity index (χ0) is 27.0. The molecule has 38 heavy (non-hydrogen) atoms. The lowest BCUT2D eigenvalue weighted by molar-refractivity contribution is -0.307. The van der Waals surface area contributed by atoms with Crippen LogP contribution in [-0.2, 0) is 14.2 Å². The SMILES string of the molecule is O=c1c(OC2O[C@H](COC3OC[C@@H](O)[C@H](O)[C@H]3O)[C@H](O)[C@H](O)[C@H]2O)c(-c2ccccc2)oc2ccccc12. The topological polar surface area (TPSA) is 189 Å². The summed E-state index contributed by atoms with van der Waals surface area (Å²) in [5.74, 6) is -0.199. The minimum absolute atomic E-state index is 0.0739. The molecule has 2 saturated heterocycles. The molecule has 2 aliphatic rings. The van der Waals surface area contributed by atoms with Crippen LogP contribution < -0.4 is 10.2 Å². The molecule has 1 aromatic heterocycles. The molecule has 2 unspecified atom stereocenters. The molecular formula is C26H28O12. The van der Waals surface area contributed by atoms with Gasteiger partial charge in [-0.05, 0) is 12.1 Å². The monoisotopic (exact) mass is 532 g/mol. The van der Waals surface area contributed by atoms with Gasteiger partial charge in [0.05, 0.1) is 18.6 Å². The zero-order valence-corrected chi connectivity index (χ0v) is 19.9. The highest BCUT2D eigenvalue weighted by Gasteiger charge is 2.47. The second-order valence-corrected chi connectivity index (χ2v) is 9.17. The highest BCUT2D eigenvalue weighted by Crippen LogP contribution is 2.33. The smallest absolute Gasteiger partial charge is 0.235 e. The molecule has 0 saturated carbocycles. The molecule has 0 bridgehead atoms. The lowest BCUT2D eigenvalue weighted by Crippen LogP contribution is -2.61. The molecule has 2 fully saturated rings. The Balaban J connectivity index is 1.41. The van der Waals surface area contributed by atoms with Crippen molar-refractivity contribution in [1.82, 2.24) is 0 Å². The molecule has 204 valence electrons. The first-order chi connectivity index (χ1) is 18.3. The van der Waals surface area contributed by atoms with Gasteiger partial charge in [-0.15, -0.1) is 0 Å². The number of fused-ring (bicyclic) bond motifs is 1. The summed E-state index contributed by atoms with van der Waals surface area (Å²) in [7, 11) is 0. The molecule has 12 heteroatoms. The van der Waals surface area contributed by atoms with Gasteiger partial charge < -0.3 is 54.0 Å². The van der Waals surface area contributed by atoms with E-state index in [0.29, 0.717) is 11.1 Å². The number of para-hydroxylation sites is 1. The first-order valence-electron chi connectivity index (χ1n) is 12.0. The van der Waals surface area contributed by atoms with Crippen LogP contribution in [0.25, 0.3) is 22.3 Å². The van der Waals surface area contributed by atoms with Gasteiger partial charge >= 0.3 is 0 Å². The Morgan fingerprint density at radius 3 is 2.24 bits per heavy atom. The lowest BCUT2D eigenvalue weighted by Gasteiger charge is -2.41. The Labute approximate surface area is 215 Å². The number of hydrogen-bond donors (Lipinski definition) is 6. The van der Waals surface area contributed by atoms with Crippen molar-refractivity contribution in [2.45, 2.75) is 55.3 Å². The Morgan fingerprint density at radius 1 is 0.789 bits per heavy atom. The van der Waals surface area contributed by atoms with E-state index in [1.807, 2.05) is 0 Å². The average molecular weight is 532 g/mol. The standard InChI is InChI=1S/C26H28O12/c27-14-10-34-25(21(32)18(14)29)35-11-16-19(30)20(31)22(33)26(37-16)38-24-17(28)13-8-4-5-9-15(13)36-23(24)12-6-2-1-3-7-12/h1-9,14,16,18-22,25-27,29-33H,10-11H2/t14-,16-,18+,19+,20+,21-,22-,25?,26?/m1/s1. The van der Waals surface area contributed by atoms with Crippen molar-refractivity contribution in [3.8, 4) is 17.1 Å². The Morgan fingerprint density at radius 2 is 1.47 bits per heavy atom. The molecule has 2 aliphatic heterocycles. The van der Waals surface area contributed by atoms with Gasteiger partial charge in [-0.1, -0.05) is 42.5 Å². The maximum atomic E-state index is 13.4. The Bertz CT molecular complexity index is 1300. The second-order valence-electron chi connectivity index (χ2n) is 9.17. The van der Waals surface area contributed by atoms with E-state index < -0.39 is 67.3 Å². The number of aliphatic hydroxyl groups is 6. The highest BCUT2D eigenvalue weighted by molar-refractivity contribution is 5.81. The number of ether oxygens (including phenoxy) is 4. The average Bonchev–Trinajstić information content (AvgIpc) is 2.94. The number of hydrogen-bond acceptors (Lipinski definition) is 12. The zero-order valence-electron chi connectivity index (χ0n) is 19.9. The summed E-state index contributed by atoms with van der Waals surface area (Å²) in [5.41, 5.74) is 0.287. The molecule has 9 atom stereocenters. The molecule has 3 aromatic rings. The third kappa shape index (κ3) is 5.06. The summed E-state index contributed by atoms with van der Waals surface area (Å²) in [6.07, 6.45) is -13.8. The van der Waals surface area contributed by atoms with E-state index in [1.165, 1.54) is 0 Å². The van der Waals surface area contributed by atoms with Crippen molar-refractivity contribution in [3.63, 3.8) is 0 Å². The summed E-state index contributed by atoms with van der Waals surface area (Å²) in [5, 5.41) is 61.3. The van der Waals surface area contributed by atoms with Crippen LogP contribution in [0.4, 0.5) is 0 Å². The van der Waals surface area contributed by atoms with Gasteiger partial charge in [0.25, 0.3) is 0 Å². The molecule has 0 spiro atoms. The molecule has 3 heterocycles. The van der Waals surface area contributed by atoms with Crippen LogP contribution in [-0.4, -0.2) is 99.2 Å². The molecule has 6 N–H and O–H groups in total. The van der Waals surface area contributed by atoms with Gasteiger partial charge in [0.15, 0.2) is 12.1 Å². The van der Waals surface area contributed by atoms with Gasteiger partial charge in [-0.25, -0.2) is 0 Å². The fraction of sp³-hybridized carbons (Fsp3) is 0.423.